The van der Waals surface area contributed by atoms with Gasteiger partial charge in [0.1, 0.15) is 0 Å². The summed E-state index contributed by atoms with van der Waals surface area (Å²) < 4.78 is 1.29. The van der Waals surface area contributed by atoms with E-state index in [4.69, 9.17) is 0 Å². The minimum atomic E-state index is -0.306. The number of nitrogens with zero attached hydrogens (tertiary/aromatic N) is 3. The summed E-state index contributed by atoms with van der Waals surface area (Å²) in [5.74, 6) is -0.306. The molecule has 1 amide bonds. The van der Waals surface area contributed by atoms with Crippen LogP contribution in [-0.2, 0) is 0 Å². The Morgan fingerprint density at radius 3 is 2.40 bits per heavy atom. The fourth-order valence-electron chi connectivity index (χ4n) is 3.39. The minimum absolute atomic E-state index is 0.0558. The van der Waals surface area contributed by atoms with Crippen LogP contribution in [0.25, 0.3) is 16.5 Å². The molecule has 1 N–H and O–H groups in total. The van der Waals surface area contributed by atoms with E-state index in [2.05, 4.69) is 21.4 Å². The highest BCUT2D eigenvalue weighted by molar-refractivity contribution is 7.10. The number of benzene rings is 2. The molecule has 0 saturated carbocycles. The Morgan fingerprint density at radius 2 is 1.73 bits per heavy atom. The van der Waals surface area contributed by atoms with Gasteiger partial charge in [-0.25, -0.2) is 0 Å². The number of hydrogen-bond acceptors (Lipinski definition) is 5. The van der Waals surface area contributed by atoms with Crippen LogP contribution in [0.4, 0.5) is 0 Å². The van der Waals surface area contributed by atoms with Crippen LogP contribution in [0.1, 0.15) is 21.4 Å². The molecule has 0 aliphatic rings. The highest BCUT2D eigenvalue weighted by Gasteiger charge is 2.20. The van der Waals surface area contributed by atoms with Gasteiger partial charge in [0.25, 0.3) is 11.5 Å². The largest absolute Gasteiger partial charge is 0.349 e. The van der Waals surface area contributed by atoms with Crippen LogP contribution in [0.2, 0.25) is 0 Å². The maximum atomic E-state index is 13.1. The first-order chi connectivity index (χ1) is 14.6. The molecule has 7 heteroatoms. The number of aromatic nitrogens is 2. The van der Waals surface area contributed by atoms with Crippen molar-refractivity contribution in [1.82, 2.24) is 20.0 Å². The monoisotopic (exact) mass is 418 g/mol. The van der Waals surface area contributed by atoms with E-state index >= 15 is 0 Å². The number of para-hydroxylation sites is 1. The van der Waals surface area contributed by atoms with Crippen molar-refractivity contribution in [2.45, 2.75) is 6.04 Å². The fourth-order valence-corrected chi connectivity index (χ4v) is 4.32. The zero-order valence-corrected chi connectivity index (χ0v) is 17.6. The van der Waals surface area contributed by atoms with Gasteiger partial charge < -0.3 is 10.2 Å². The van der Waals surface area contributed by atoms with Crippen LogP contribution in [0.3, 0.4) is 0 Å². The van der Waals surface area contributed by atoms with Crippen molar-refractivity contribution in [2.75, 3.05) is 20.6 Å². The molecule has 1 atom stereocenters. The lowest BCUT2D eigenvalue weighted by Crippen LogP contribution is -2.36. The lowest BCUT2D eigenvalue weighted by molar-refractivity contribution is 0.0937. The highest BCUT2D eigenvalue weighted by Crippen LogP contribution is 2.22. The van der Waals surface area contributed by atoms with Gasteiger partial charge in [-0.15, -0.1) is 11.3 Å². The van der Waals surface area contributed by atoms with E-state index in [1.807, 2.05) is 43.7 Å². The second kappa shape index (κ2) is 8.61. The zero-order chi connectivity index (χ0) is 21.1. The third-order valence-corrected chi connectivity index (χ3v) is 5.95. The standard InChI is InChI=1S/C23H22N4O2S/c1-26(2)19(20-13-8-14-30-20)15-24-22(28)21-17-11-6-7-12-18(17)23(29)27(25-21)16-9-4-3-5-10-16/h3-14,19H,15H2,1-2H3,(H,24,28)/t19-/m0/s1. The minimum Gasteiger partial charge on any atom is -0.349 e. The molecule has 0 fully saturated rings. The van der Waals surface area contributed by atoms with Crippen LogP contribution in [-0.4, -0.2) is 41.2 Å². The second-order valence-electron chi connectivity index (χ2n) is 7.15. The summed E-state index contributed by atoms with van der Waals surface area (Å²) in [5, 5.41) is 10.5. The highest BCUT2D eigenvalue weighted by atomic mass is 32.1. The first kappa shape index (κ1) is 20.0. The third kappa shape index (κ3) is 3.90. The van der Waals surface area contributed by atoms with E-state index in [0.29, 0.717) is 23.0 Å². The summed E-state index contributed by atoms with van der Waals surface area (Å²) in [6.45, 7) is 0.437. The van der Waals surface area contributed by atoms with Crippen LogP contribution in [0.15, 0.2) is 76.9 Å². The van der Waals surface area contributed by atoms with Gasteiger partial charge in [-0.3, -0.25) is 9.59 Å². The molecule has 4 aromatic rings. The van der Waals surface area contributed by atoms with Crippen molar-refractivity contribution < 1.29 is 4.79 Å². The van der Waals surface area contributed by atoms with Crippen LogP contribution < -0.4 is 10.9 Å². The van der Waals surface area contributed by atoms with E-state index in [1.165, 1.54) is 9.56 Å². The average molecular weight is 419 g/mol. The van der Waals surface area contributed by atoms with Gasteiger partial charge in [0, 0.05) is 16.8 Å². The Bertz CT molecular complexity index is 1220. The van der Waals surface area contributed by atoms with Crippen molar-refractivity contribution in [3.8, 4) is 5.69 Å². The van der Waals surface area contributed by atoms with Crippen molar-refractivity contribution in [3.63, 3.8) is 0 Å². The molecule has 0 saturated heterocycles. The summed E-state index contributed by atoms with van der Waals surface area (Å²) in [6.07, 6.45) is 0. The molecule has 0 radical (unpaired) electrons. The van der Waals surface area contributed by atoms with E-state index in [-0.39, 0.29) is 23.2 Å². The van der Waals surface area contributed by atoms with E-state index in [0.717, 1.165) is 0 Å². The Kier molecular flexibility index (Phi) is 5.74. The van der Waals surface area contributed by atoms with Crippen molar-refractivity contribution >= 4 is 28.0 Å². The number of carbonyl (C=O) groups is 1. The molecule has 0 unspecified atom stereocenters. The topological polar surface area (TPSA) is 67.2 Å². The lowest BCUT2D eigenvalue weighted by atomic mass is 10.1. The van der Waals surface area contributed by atoms with Gasteiger partial charge in [-0.1, -0.05) is 42.5 Å². The van der Waals surface area contributed by atoms with Crippen molar-refractivity contribution in [3.05, 3.63) is 93.0 Å². The molecular formula is C23H22N4O2S. The number of amides is 1. The van der Waals surface area contributed by atoms with E-state index < -0.39 is 0 Å². The van der Waals surface area contributed by atoms with Crippen molar-refractivity contribution in [2.24, 2.45) is 0 Å². The van der Waals surface area contributed by atoms with Gasteiger partial charge >= 0.3 is 0 Å². The Hall–Kier alpha value is -3.29. The maximum Gasteiger partial charge on any atom is 0.279 e. The zero-order valence-electron chi connectivity index (χ0n) is 16.8. The third-order valence-electron chi connectivity index (χ3n) is 4.97. The maximum absolute atomic E-state index is 13.1. The number of carbonyl (C=O) groups excluding carboxylic acids is 1. The second-order valence-corrected chi connectivity index (χ2v) is 8.13. The smallest absolute Gasteiger partial charge is 0.279 e. The molecule has 4 rings (SSSR count). The summed E-state index contributed by atoms with van der Waals surface area (Å²) in [5.41, 5.74) is 0.600. The molecule has 2 aromatic carbocycles. The van der Waals surface area contributed by atoms with E-state index in [1.54, 1.807) is 47.7 Å². The predicted molar refractivity (Wildman–Crippen MR) is 120 cm³/mol. The molecule has 0 aliphatic carbocycles. The van der Waals surface area contributed by atoms with Crippen LogP contribution in [0.5, 0.6) is 0 Å². The Balaban J connectivity index is 1.72. The molecule has 30 heavy (non-hydrogen) atoms. The van der Waals surface area contributed by atoms with Gasteiger partial charge in [-0.2, -0.15) is 9.78 Å². The number of thiophene rings is 1. The fraction of sp³-hybridized carbons (Fsp3) is 0.174. The van der Waals surface area contributed by atoms with Gasteiger partial charge in [0.2, 0.25) is 0 Å². The molecule has 0 aliphatic heterocycles. The number of likely N-dealkylation sites (N-methyl/N-ethyl adjacent to an activating group) is 1. The molecule has 152 valence electrons. The molecule has 2 heterocycles. The summed E-state index contributed by atoms with van der Waals surface area (Å²) in [4.78, 5) is 29.4. The van der Waals surface area contributed by atoms with Gasteiger partial charge in [0.15, 0.2) is 5.69 Å². The number of nitrogens with one attached hydrogen (secondary N) is 1. The molecule has 0 spiro atoms. The Labute approximate surface area is 178 Å². The van der Waals surface area contributed by atoms with Gasteiger partial charge in [0.05, 0.1) is 17.1 Å². The van der Waals surface area contributed by atoms with E-state index in [9.17, 15) is 9.59 Å². The summed E-state index contributed by atoms with van der Waals surface area (Å²) in [6, 6.07) is 20.3. The quantitative estimate of drug-likeness (QED) is 0.521. The SMILES string of the molecule is CN(C)[C@@H](CNC(=O)c1nn(-c2ccccc2)c(=O)c2ccccc12)c1cccs1. The van der Waals surface area contributed by atoms with Crippen LogP contribution in [0, 0.1) is 0 Å². The van der Waals surface area contributed by atoms with Gasteiger partial charge in [-0.05, 0) is 43.7 Å². The lowest BCUT2D eigenvalue weighted by Gasteiger charge is -2.23. The van der Waals surface area contributed by atoms with Crippen LogP contribution >= 0.6 is 11.3 Å². The predicted octanol–water partition coefficient (Wildman–Crippen LogP) is 3.48. The first-order valence-electron chi connectivity index (χ1n) is 9.62. The molecular weight excluding hydrogens is 396 g/mol. The number of fused-ring (bicyclic) bond motifs is 1. The summed E-state index contributed by atoms with van der Waals surface area (Å²) >= 11 is 1.66. The average Bonchev–Trinajstić information content (AvgIpc) is 3.29. The van der Waals surface area contributed by atoms with Crippen molar-refractivity contribution in [1.29, 1.82) is 0 Å². The molecule has 6 nitrogen and oxygen atoms in total. The number of rotatable bonds is 6. The summed E-state index contributed by atoms with van der Waals surface area (Å²) in [7, 11) is 3.97. The Morgan fingerprint density at radius 1 is 1.03 bits per heavy atom. The first-order valence-corrected chi connectivity index (χ1v) is 10.5. The number of hydrogen-bond donors (Lipinski definition) is 1. The molecule has 0 bridgehead atoms. The normalized spacial score (nSPS) is 12.2. The molecule has 2 aromatic heterocycles.